The van der Waals surface area contributed by atoms with Crippen LogP contribution in [0.3, 0.4) is 0 Å². The Morgan fingerprint density at radius 2 is 1.45 bits per heavy atom. The third-order valence-corrected chi connectivity index (χ3v) is 5.89. The molecular weight excluding hydrogens is 366 g/mol. The van der Waals surface area contributed by atoms with Gasteiger partial charge in [-0.2, -0.15) is 0 Å². The number of benzene rings is 2. The minimum absolute atomic E-state index is 0.490. The van der Waals surface area contributed by atoms with Gasteiger partial charge >= 0.3 is 11.9 Å². The Morgan fingerprint density at radius 1 is 0.862 bits per heavy atom. The molecule has 2 aliphatic rings. The monoisotopic (exact) mass is 393 g/mol. The Balaban J connectivity index is 0.000000258. The molecule has 1 heterocycles. The molecule has 29 heavy (non-hydrogen) atoms. The molecule has 0 bridgehead atoms. The Bertz CT molecular complexity index is 851. The van der Waals surface area contributed by atoms with Crippen LogP contribution in [0.2, 0.25) is 0 Å². The second kappa shape index (κ2) is 9.52. The Morgan fingerprint density at radius 3 is 2.07 bits per heavy atom. The lowest BCUT2D eigenvalue weighted by atomic mass is 9.74. The van der Waals surface area contributed by atoms with E-state index in [9.17, 15) is 9.59 Å². The molecule has 1 aliphatic heterocycles. The maximum absolute atomic E-state index is 9.55. The standard InChI is InChI=1S/C20H23N.C4H4O4/c1-2-6-17(7-3-1)16-21-14-12-20(13-15-21)11-10-18-8-4-5-9-19(18)20;5-3(6)1-2-4(7)8/h1-9H,10-16H2;1-2H,(H,5,6)(H,7,8)/b;2-1+. The Labute approximate surface area is 171 Å². The quantitative estimate of drug-likeness (QED) is 0.771. The van der Waals surface area contributed by atoms with Crippen molar-refractivity contribution in [2.24, 2.45) is 0 Å². The van der Waals surface area contributed by atoms with Crippen LogP contribution in [0.4, 0.5) is 0 Å². The number of carbonyl (C=O) groups is 2. The van der Waals surface area contributed by atoms with Crippen LogP contribution in [0, 0.1) is 0 Å². The van der Waals surface area contributed by atoms with Crippen LogP contribution in [-0.2, 0) is 28.0 Å². The van der Waals surface area contributed by atoms with E-state index in [2.05, 4.69) is 59.5 Å². The van der Waals surface area contributed by atoms with Gasteiger partial charge in [-0.25, -0.2) is 9.59 Å². The molecule has 1 fully saturated rings. The van der Waals surface area contributed by atoms with Crippen molar-refractivity contribution in [1.82, 2.24) is 4.90 Å². The van der Waals surface area contributed by atoms with Gasteiger partial charge in [-0.1, -0.05) is 54.6 Å². The van der Waals surface area contributed by atoms with Gasteiger partial charge in [-0.15, -0.1) is 0 Å². The average molecular weight is 393 g/mol. The summed E-state index contributed by atoms with van der Waals surface area (Å²) in [7, 11) is 0. The third kappa shape index (κ3) is 5.55. The first-order valence-corrected chi connectivity index (χ1v) is 9.97. The second-order valence-corrected chi connectivity index (χ2v) is 7.71. The number of piperidine rings is 1. The summed E-state index contributed by atoms with van der Waals surface area (Å²) in [6, 6.07) is 20.0. The van der Waals surface area contributed by atoms with E-state index in [0.29, 0.717) is 17.6 Å². The highest BCUT2D eigenvalue weighted by Crippen LogP contribution is 2.46. The molecule has 0 radical (unpaired) electrons. The van der Waals surface area contributed by atoms with Gasteiger partial charge in [-0.3, -0.25) is 4.90 Å². The highest BCUT2D eigenvalue weighted by Gasteiger charge is 2.40. The van der Waals surface area contributed by atoms with E-state index in [-0.39, 0.29) is 0 Å². The first-order chi connectivity index (χ1) is 14.0. The molecule has 5 heteroatoms. The molecule has 1 aliphatic carbocycles. The summed E-state index contributed by atoms with van der Waals surface area (Å²) in [4.78, 5) is 21.7. The molecule has 0 atom stereocenters. The molecule has 0 aromatic heterocycles. The number of carboxylic acid groups (broad SMARTS) is 2. The summed E-state index contributed by atoms with van der Waals surface area (Å²) >= 11 is 0. The van der Waals surface area contributed by atoms with E-state index in [0.717, 1.165) is 6.54 Å². The molecule has 5 nitrogen and oxygen atoms in total. The molecule has 152 valence electrons. The summed E-state index contributed by atoms with van der Waals surface area (Å²) < 4.78 is 0. The highest BCUT2D eigenvalue weighted by atomic mass is 16.4. The molecular formula is C24H27NO4. The van der Waals surface area contributed by atoms with Crippen LogP contribution in [-0.4, -0.2) is 40.1 Å². The first-order valence-electron chi connectivity index (χ1n) is 9.97. The van der Waals surface area contributed by atoms with Gasteiger partial charge in [0.05, 0.1) is 0 Å². The topological polar surface area (TPSA) is 77.8 Å². The minimum Gasteiger partial charge on any atom is -0.478 e. The van der Waals surface area contributed by atoms with Crippen molar-refractivity contribution >= 4 is 11.9 Å². The maximum atomic E-state index is 9.55. The van der Waals surface area contributed by atoms with Gasteiger partial charge in [0.15, 0.2) is 0 Å². The molecule has 1 saturated heterocycles. The highest BCUT2D eigenvalue weighted by molar-refractivity contribution is 5.89. The van der Waals surface area contributed by atoms with Crippen LogP contribution in [0.15, 0.2) is 66.7 Å². The van der Waals surface area contributed by atoms with Gasteiger partial charge in [0.25, 0.3) is 0 Å². The lowest BCUT2D eigenvalue weighted by Gasteiger charge is -2.40. The largest absolute Gasteiger partial charge is 0.478 e. The molecule has 2 N–H and O–H groups in total. The summed E-state index contributed by atoms with van der Waals surface area (Å²) in [6.07, 6.45) is 6.43. The average Bonchev–Trinajstić information content (AvgIpc) is 3.08. The fourth-order valence-corrected chi connectivity index (χ4v) is 4.41. The molecule has 0 amide bonds. The number of fused-ring (bicyclic) bond motifs is 2. The van der Waals surface area contributed by atoms with Crippen LogP contribution in [0.5, 0.6) is 0 Å². The van der Waals surface area contributed by atoms with E-state index >= 15 is 0 Å². The van der Waals surface area contributed by atoms with Crippen molar-refractivity contribution in [2.45, 2.75) is 37.6 Å². The zero-order valence-electron chi connectivity index (χ0n) is 16.5. The van der Waals surface area contributed by atoms with Gasteiger partial charge < -0.3 is 10.2 Å². The van der Waals surface area contributed by atoms with Crippen LogP contribution in [0.25, 0.3) is 0 Å². The van der Waals surface area contributed by atoms with Gasteiger partial charge in [0.2, 0.25) is 0 Å². The SMILES string of the molecule is O=C(O)/C=C/C(=O)O.c1ccc(CN2CCC3(CCc4ccccc43)CC2)cc1. The molecule has 2 aromatic rings. The van der Waals surface area contributed by atoms with E-state index < -0.39 is 11.9 Å². The fraction of sp³-hybridized carbons (Fsp3) is 0.333. The van der Waals surface area contributed by atoms with E-state index in [1.165, 1.54) is 44.3 Å². The predicted molar refractivity (Wildman–Crippen MR) is 112 cm³/mol. The number of rotatable bonds is 4. The first kappa shape index (κ1) is 20.8. The van der Waals surface area contributed by atoms with Crippen LogP contribution >= 0.6 is 0 Å². The van der Waals surface area contributed by atoms with Crippen LogP contribution in [0.1, 0.15) is 36.0 Å². The number of hydrogen-bond donors (Lipinski definition) is 2. The maximum Gasteiger partial charge on any atom is 0.328 e. The smallest absolute Gasteiger partial charge is 0.328 e. The van der Waals surface area contributed by atoms with Crippen molar-refractivity contribution in [3.05, 3.63) is 83.4 Å². The summed E-state index contributed by atoms with van der Waals surface area (Å²) in [5, 5.41) is 15.6. The zero-order valence-corrected chi connectivity index (χ0v) is 16.5. The number of hydrogen-bond acceptors (Lipinski definition) is 3. The second-order valence-electron chi connectivity index (χ2n) is 7.71. The number of nitrogens with zero attached hydrogens (tertiary/aromatic N) is 1. The van der Waals surface area contributed by atoms with Gasteiger partial charge in [0, 0.05) is 18.7 Å². The van der Waals surface area contributed by atoms with Crippen molar-refractivity contribution < 1.29 is 19.8 Å². The summed E-state index contributed by atoms with van der Waals surface area (Å²) in [5.74, 6) is -2.51. The molecule has 4 rings (SSSR count). The van der Waals surface area contributed by atoms with Crippen molar-refractivity contribution in [1.29, 1.82) is 0 Å². The van der Waals surface area contributed by atoms with E-state index in [1.54, 1.807) is 11.1 Å². The normalized spacial score (nSPS) is 17.5. The van der Waals surface area contributed by atoms with Gasteiger partial charge in [-0.05, 0) is 60.9 Å². The molecule has 2 aromatic carbocycles. The fourth-order valence-electron chi connectivity index (χ4n) is 4.41. The number of likely N-dealkylation sites (tertiary alicyclic amines) is 1. The molecule has 1 spiro atoms. The Kier molecular flexibility index (Phi) is 6.83. The van der Waals surface area contributed by atoms with E-state index in [1.807, 2.05) is 0 Å². The predicted octanol–water partition coefficient (Wildman–Crippen LogP) is 3.88. The van der Waals surface area contributed by atoms with Crippen molar-refractivity contribution in [2.75, 3.05) is 13.1 Å². The summed E-state index contributed by atoms with van der Waals surface area (Å²) in [6.45, 7) is 3.59. The molecule has 0 saturated carbocycles. The lowest BCUT2D eigenvalue weighted by molar-refractivity contribution is -0.134. The third-order valence-electron chi connectivity index (χ3n) is 5.89. The minimum atomic E-state index is -1.26. The number of aryl methyl sites for hydroxylation is 1. The summed E-state index contributed by atoms with van der Waals surface area (Å²) in [5.41, 5.74) is 5.20. The Hall–Kier alpha value is -2.92. The number of carboxylic acids is 2. The van der Waals surface area contributed by atoms with E-state index in [4.69, 9.17) is 10.2 Å². The van der Waals surface area contributed by atoms with Crippen molar-refractivity contribution in [3.63, 3.8) is 0 Å². The van der Waals surface area contributed by atoms with Gasteiger partial charge in [0.1, 0.15) is 0 Å². The number of aliphatic carboxylic acids is 2. The zero-order chi connectivity index (χ0) is 20.7. The van der Waals surface area contributed by atoms with Crippen LogP contribution < -0.4 is 0 Å². The molecule has 0 unspecified atom stereocenters. The van der Waals surface area contributed by atoms with Crippen molar-refractivity contribution in [3.8, 4) is 0 Å². The lowest BCUT2D eigenvalue weighted by Crippen LogP contribution is -2.41.